The molecule has 20 heavy (non-hydrogen) atoms. The Bertz CT molecular complexity index is 761. The number of hydrogen-bond donors (Lipinski definition) is 1. The fraction of sp³-hybridized carbons (Fsp3) is 0.357. The Hall–Kier alpha value is -1.82. The van der Waals surface area contributed by atoms with Crippen molar-refractivity contribution in [2.75, 3.05) is 12.0 Å². The highest BCUT2D eigenvalue weighted by molar-refractivity contribution is 7.90. The number of aryl methyl sites for hydroxylation is 1. The lowest BCUT2D eigenvalue weighted by atomic mass is 10.1. The number of nitrogens with two attached hydrogens (primary N) is 1. The maximum atomic E-state index is 11.7. The van der Waals surface area contributed by atoms with E-state index >= 15 is 0 Å². The normalized spacial score (nSPS) is 11.8. The first-order valence-corrected chi connectivity index (χ1v) is 8.30. The lowest BCUT2D eigenvalue weighted by Gasteiger charge is -2.11. The van der Waals surface area contributed by atoms with Crippen molar-refractivity contribution in [1.82, 2.24) is 9.78 Å². The fourth-order valence-electron chi connectivity index (χ4n) is 2.46. The number of rotatable bonds is 3. The van der Waals surface area contributed by atoms with Gasteiger partial charge in [0.15, 0.2) is 9.84 Å². The molecule has 2 rings (SSSR count). The first kappa shape index (κ1) is 14.6. The molecule has 0 saturated carbocycles. The molecule has 108 valence electrons. The van der Waals surface area contributed by atoms with E-state index in [0.29, 0.717) is 5.69 Å². The smallest absolute Gasteiger partial charge is 0.177 e. The molecule has 5 nitrogen and oxygen atoms in total. The molecule has 0 amide bonds. The van der Waals surface area contributed by atoms with Crippen LogP contribution in [-0.2, 0) is 16.3 Å². The summed E-state index contributed by atoms with van der Waals surface area (Å²) in [7, 11) is -3.35. The molecule has 0 aliphatic carbocycles. The van der Waals surface area contributed by atoms with E-state index in [0.717, 1.165) is 29.6 Å². The van der Waals surface area contributed by atoms with Crippen molar-refractivity contribution in [2.24, 2.45) is 0 Å². The summed E-state index contributed by atoms with van der Waals surface area (Å²) in [6.07, 6.45) is 2.03. The monoisotopic (exact) mass is 293 g/mol. The zero-order valence-electron chi connectivity index (χ0n) is 12.1. The van der Waals surface area contributed by atoms with Crippen molar-refractivity contribution in [3.8, 4) is 5.69 Å². The van der Waals surface area contributed by atoms with Crippen molar-refractivity contribution >= 4 is 15.5 Å². The minimum absolute atomic E-state index is 0.139. The van der Waals surface area contributed by atoms with Gasteiger partial charge >= 0.3 is 0 Å². The third-order valence-corrected chi connectivity index (χ3v) is 4.62. The minimum atomic E-state index is -3.35. The van der Waals surface area contributed by atoms with Crippen molar-refractivity contribution in [3.63, 3.8) is 0 Å². The lowest BCUT2D eigenvalue weighted by Crippen LogP contribution is -2.09. The van der Waals surface area contributed by atoms with Crippen molar-refractivity contribution in [3.05, 3.63) is 35.2 Å². The summed E-state index contributed by atoms with van der Waals surface area (Å²) in [4.78, 5) is 0.139. The van der Waals surface area contributed by atoms with Gasteiger partial charge in [-0.05, 0) is 38.0 Å². The van der Waals surface area contributed by atoms with E-state index in [1.807, 2.05) is 13.8 Å². The van der Waals surface area contributed by atoms with Crippen LogP contribution in [0.3, 0.4) is 0 Å². The van der Waals surface area contributed by atoms with Crippen LogP contribution in [0.5, 0.6) is 0 Å². The predicted octanol–water partition coefficient (Wildman–Crippen LogP) is 2.04. The van der Waals surface area contributed by atoms with Gasteiger partial charge in [0.1, 0.15) is 0 Å². The maximum Gasteiger partial charge on any atom is 0.177 e. The molecule has 1 heterocycles. The summed E-state index contributed by atoms with van der Waals surface area (Å²) in [5.41, 5.74) is 9.96. The maximum absolute atomic E-state index is 11.7. The number of benzene rings is 1. The van der Waals surface area contributed by atoms with E-state index in [4.69, 9.17) is 5.73 Å². The third kappa shape index (κ3) is 2.31. The molecule has 0 bridgehead atoms. The van der Waals surface area contributed by atoms with Crippen LogP contribution in [0.25, 0.3) is 5.69 Å². The summed E-state index contributed by atoms with van der Waals surface area (Å²) >= 11 is 0. The molecule has 0 atom stereocenters. The Morgan fingerprint density at radius 2 is 1.95 bits per heavy atom. The predicted molar refractivity (Wildman–Crippen MR) is 79.9 cm³/mol. The first-order chi connectivity index (χ1) is 9.27. The molecule has 1 aromatic heterocycles. The largest absolute Gasteiger partial charge is 0.396 e. The number of sulfone groups is 1. The fourth-order valence-corrected chi connectivity index (χ4v) is 3.29. The van der Waals surface area contributed by atoms with Crippen LogP contribution in [-0.4, -0.2) is 24.5 Å². The van der Waals surface area contributed by atoms with Crippen LogP contribution < -0.4 is 5.73 Å². The van der Waals surface area contributed by atoms with E-state index in [2.05, 4.69) is 12.0 Å². The van der Waals surface area contributed by atoms with Gasteiger partial charge in [-0.15, -0.1) is 0 Å². The number of aromatic nitrogens is 2. The minimum Gasteiger partial charge on any atom is -0.396 e. The second-order valence-electron chi connectivity index (χ2n) is 4.88. The van der Waals surface area contributed by atoms with Gasteiger partial charge in [0, 0.05) is 11.9 Å². The Morgan fingerprint density at radius 3 is 2.45 bits per heavy atom. The van der Waals surface area contributed by atoms with Crippen LogP contribution in [0, 0.1) is 13.8 Å². The van der Waals surface area contributed by atoms with E-state index in [1.54, 1.807) is 16.8 Å². The van der Waals surface area contributed by atoms with Gasteiger partial charge in [-0.25, -0.2) is 13.1 Å². The molecule has 0 radical (unpaired) electrons. The average molecular weight is 293 g/mol. The van der Waals surface area contributed by atoms with Gasteiger partial charge in [-0.2, -0.15) is 5.10 Å². The molecule has 2 aromatic rings. The Kier molecular flexibility index (Phi) is 3.60. The molecule has 0 saturated heterocycles. The van der Waals surface area contributed by atoms with Crippen LogP contribution in [0.4, 0.5) is 5.69 Å². The Labute approximate surface area is 119 Å². The highest BCUT2D eigenvalue weighted by Gasteiger charge is 2.18. The molecule has 0 fully saturated rings. The Morgan fingerprint density at radius 1 is 1.30 bits per heavy atom. The summed E-state index contributed by atoms with van der Waals surface area (Å²) in [6.45, 7) is 5.97. The van der Waals surface area contributed by atoms with Crippen LogP contribution in [0.1, 0.15) is 23.9 Å². The van der Waals surface area contributed by atoms with Crippen molar-refractivity contribution in [1.29, 1.82) is 0 Å². The summed E-state index contributed by atoms with van der Waals surface area (Å²) < 4.78 is 25.2. The number of anilines is 1. The third-order valence-electron chi connectivity index (χ3n) is 3.47. The average Bonchev–Trinajstić information content (AvgIpc) is 2.63. The van der Waals surface area contributed by atoms with E-state index in [-0.39, 0.29) is 10.6 Å². The molecule has 0 unspecified atom stereocenters. The summed E-state index contributed by atoms with van der Waals surface area (Å²) in [5.74, 6) is 0. The van der Waals surface area contributed by atoms with Gasteiger partial charge in [-0.1, -0.05) is 13.0 Å². The molecule has 6 heteroatoms. The first-order valence-electron chi connectivity index (χ1n) is 6.41. The van der Waals surface area contributed by atoms with Gasteiger partial charge in [0.25, 0.3) is 0 Å². The van der Waals surface area contributed by atoms with E-state index < -0.39 is 9.84 Å². The molecule has 0 aliphatic heterocycles. The van der Waals surface area contributed by atoms with Crippen LogP contribution in [0.15, 0.2) is 23.1 Å². The molecule has 0 aliphatic rings. The topological polar surface area (TPSA) is 78.0 Å². The Balaban J connectivity index is 2.72. The number of hydrogen-bond acceptors (Lipinski definition) is 4. The van der Waals surface area contributed by atoms with Gasteiger partial charge < -0.3 is 5.73 Å². The van der Waals surface area contributed by atoms with Gasteiger partial charge in [-0.3, -0.25) is 0 Å². The quantitative estimate of drug-likeness (QED) is 0.878. The summed E-state index contributed by atoms with van der Waals surface area (Å²) in [5, 5.41) is 4.48. The summed E-state index contributed by atoms with van der Waals surface area (Å²) in [6, 6.07) is 4.98. The van der Waals surface area contributed by atoms with Crippen molar-refractivity contribution < 1.29 is 8.42 Å². The zero-order valence-corrected chi connectivity index (χ0v) is 13.0. The molecular formula is C14H19N3O2S. The highest BCUT2D eigenvalue weighted by atomic mass is 32.2. The van der Waals surface area contributed by atoms with Gasteiger partial charge in [0.05, 0.1) is 22.0 Å². The number of nitrogens with zero attached hydrogens (tertiary/aromatic N) is 2. The molecule has 1 aromatic carbocycles. The highest BCUT2D eigenvalue weighted by Crippen LogP contribution is 2.27. The second kappa shape index (κ2) is 4.94. The lowest BCUT2D eigenvalue weighted by molar-refractivity contribution is 0.602. The van der Waals surface area contributed by atoms with E-state index in [1.165, 1.54) is 6.07 Å². The van der Waals surface area contributed by atoms with E-state index in [9.17, 15) is 8.42 Å². The molecular weight excluding hydrogens is 274 g/mol. The zero-order chi connectivity index (χ0) is 15.1. The van der Waals surface area contributed by atoms with Gasteiger partial charge in [0.2, 0.25) is 0 Å². The molecule has 0 spiro atoms. The number of para-hydroxylation sites is 1. The second-order valence-corrected chi connectivity index (χ2v) is 6.86. The molecule has 2 N–H and O–H groups in total. The van der Waals surface area contributed by atoms with Crippen molar-refractivity contribution in [2.45, 2.75) is 32.1 Å². The van der Waals surface area contributed by atoms with Crippen LogP contribution >= 0.6 is 0 Å². The number of nitrogen functional groups attached to an aromatic ring is 1. The SMILES string of the molecule is CCc1c(C)nn(-c2cccc(S(C)(=O)=O)c2N)c1C. The standard InChI is InChI=1S/C14H19N3O2S/c1-5-11-9(2)16-17(10(11)3)12-7-6-8-13(14(12)15)20(4,18)19/h6-8H,5,15H2,1-4H3. The van der Waals surface area contributed by atoms with Crippen LogP contribution in [0.2, 0.25) is 0 Å².